The van der Waals surface area contributed by atoms with Crippen LogP contribution in [0.4, 0.5) is 0 Å². The highest BCUT2D eigenvalue weighted by Crippen LogP contribution is 1.60. The van der Waals surface area contributed by atoms with Gasteiger partial charge in [-0.1, -0.05) is 0 Å². The first-order valence-corrected chi connectivity index (χ1v) is 6.29. The van der Waals surface area contributed by atoms with Crippen LogP contribution in [-0.2, 0) is 31.2 Å². The third-order valence-electron chi connectivity index (χ3n) is 0. The number of hydrogen-bond acceptors (Lipinski definition) is 6. The highest BCUT2D eigenvalue weighted by Gasteiger charge is 1.85. The lowest BCUT2D eigenvalue weighted by molar-refractivity contribution is 0.378. The van der Waals surface area contributed by atoms with Gasteiger partial charge in [0.25, 0.3) is 0 Å². The zero-order chi connectivity index (χ0) is 13.5. The van der Waals surface area contributed by atoms with Gasteiger partial charge in [-0.2, -0.15) is 45.1 Å². The number of rotatable bonds is 0. The zero-order valence-corrected chi connectivity index (χ0v) is 13.0. The van der Waals surface area contributed by atoms with Crippen molar-refractivity contribution in [1.82, 2.24) is 0 Å². The van der Waals surface area contributed by atoms with Crippen LogP contribution in [0.1, 0.15) is 0 Å². The second-order valence-electron chi connectivity index (χ2n) is 1.34. The van der Waals surface area contributed by atoms with E-state index < -0.39 is 31.2 Å². The van der Waals surface area contributed by atoms with E-state index in [2.05, 4.69) is 0 Å². The largest absolute Gasteiger partial charge is 0.394 e. The van der Waals surface area contributed by atoms with Gasteiger partial charge in [0, 0.05) is 0 Å². The Labute approximate surface area is 104 Å². The molecule has 0 spiro atoms. The third-order valence-corrected chi connectivity index (χ3v) is 0. The molecule has 17 heteroatoms. The minimum atomic E-state index is -4.67. The Morgan fingerprint density at radius 2 is 0.412 bits per heavy atom. The van der Waals surface area contributed by atoms with Gasteiger partial charge in [0.05, 0.1) is 0 Å². The van der Waals surface area contributed by atoms with Crippen molar-refractivity contribution in [2.75, 3.05) is 0 Å². The van der Waals surface area contributed by atoms with Crippen LogP contribution in [0.15, 0.2) is 0 Å². The molecule has 0 saturated heterocycles. The van der Waals surface area contributed by atoms with Crippen LogP contribution in [0.5, 0.6) is 0 Å². The number of hydrogen-bond donors (Lipinski definition) is 6. The molecule has 2 unspecified atom stereocenters. The summed E-state index contributed by atoms with van der Waals surface area (Å²) in [6, 6.07) is 0. The summed E-state index contributed by atoms with van der Waals surface area (Å²) in [6.07, 6.45) is 0. The quantitative estimate of drug-likeness (QED) is 0.206. The molecule has 0 aromatic carbocycles. The van der Waals surface area contributed by atoms with E-state index in [0.29, 0.717) is 0 Å². The Bertz CT molecular complexity index is 341. The van der Waals surface area contributed by atoms with Gasteiger partial charge in [-0.25, -0.2) is 0 Å². The van der Waals surface area contributed by atoms with Crippen LogP contribution >= 0.6 is 19.8 Å². The van der Waals surface area contributed by atoms with Crippen LogP contribution in [0, 0.1) is 0 Å². The molecule has 0 aliphatic heterocycles. The van der Waals surface area contributed by atoms with Crippen molar-refractivity contribution >= 4 is 51.0 Å². The first-order valence-electron chi connectivity index (χ1n) is 2.10. The molecule has 0 aliphatic rings. The predicted octanol–water partition coefficient (Wildman–Crippen LogP) is -1.84. The first-order chi connectivity index (χ1) is 6.00. The van der Waals surface area contributed by atoms with Crippen molar-refractivity contribution in [2.24, 2.45) is 0 Å². The molecule has 0 amide bonds. The molecule has 0 radical (unpaired) electrons. The third kappa shape index (κ3) is 15600. The maximum absolute atomic E-state index is 8.74. The van der Waals surface area contributed by atoms with Gasteiger partial charge >= 0.3 is 31.2 Å². The molecule has 2 atom stereocenters. The molecule has 17 heavy (non-hydrogen) atoms. The topological polar surface area (TPSA) is 224 Å². The van der Waals surface area contributed by atoms with Crippen molar-refractivity contribution in [3.05, 3.63) is 0 Å². The molecular formula is H12O12P2S3. The molecule has 0 aromatic heterocycles. The van der Waals surface area contributed by atoms with E-state index in [-0.39, 0.29) is 19.8 Å². The lowest BCUT2D eigenvalue weighted by Crippen LogP contribution is -1.89. The van der Waals surface area contributed by atoms with Crippen molar-refractivity contribution in [2.45, 2.75) is 0 Å². The summed E-state index contributed by atoms with van der Waals surface area (Å²) in [5.41, 5.74) is 0. The van der Waals surface area contributed by atoms with Gasteiger partial charge in [-0.05, 0) is 0 Å². The summed E-state index contributed by atoms with van der Waals surface area (Å²) >= 11 is 0. The maximum Gasteiger partial charge on any atom is 0.394 e. The first kappa shape index (κ1) is 30.5. The normalized spacial score (nSPS) is 10.2. The molecule has 112 valence electrons. The SMILES string of the molecule is O=S(=O)(O)O.O=S(=O)(O)O.O=S(=O)(O)O.P.P. The van der Waals surface area contributed by atoms with Gasteiger partial charge in [-0.15, -0.1) is 0 Å². The second-order valence-corrected chi connectivity index (χ2v) is 4.03. The molecule has 0 bridgehead atoms. The summed E-state index contributed by atoms with van der Waals surface area (Å²) in [7, 11) is -14.0. The van der Waals surface area contributed by atoms with E-state index in [0.717, 1.165) is 0 Å². The minimum absolute atomic E-state index is 0. The Morgan fingerprint density at radius 1 is 0.412 bits per heavy atom. The fraction of sp³-hybridized carbons (Fsp3) is 0. The fourth-order valence-corrected chi connectivity index (χ4v) is 0. The van der Waals surface area contributed by atoms with Gasteiger partial charge in [0.15, 0.2) is 0 Å². The Hall–Kier alpha value is 0.470. The fourth-order valence-electron chi connectivity index (χ4n) is 0. The highest BCUT2D eigenvalue weighted by atomic mass is 32.3. The van der Waals surface area contributed by atoms with E-state index in [1.165, 1.54) is 0 Å². The highest BCUT2D eigenvalue weighted by molar-refractivity contribution is 7.80. The molecule has 0 heterocycles. The average Bonchev–Trinajstić information content (AvgIpc) is 1.41. The molecule has 0 fully saturated rings. The summed E-state index contributed by atoms with van der Waals surface area (Å²) in [6.45, 7) is 0. The molecule has 0 aromatic rings. The van der Waals surface area contributed by atoms with E-state index in [9.17, 15) is 0 Å². The van der Waals surface area contributed by atoms with Gasteiger partial charge < -0.3 is 0 Å². The molecule has 12 nitrogen and oxygen atoms in total. The van der Waals surface area contributed by atoms with Crippen LogP contribution < -0.4 is 0 Å². The smallest absolute Gasteiger partial charge is 0.264 e. The predicted molar refractivity (Wildman–Crippen MR) is 64.7 cm³/mol. The monoisotopic (exact) mass is 362 g/mol. The summed E-state index contributed by atoms with van der Waals surface area (Å²) in [5, 5.41) is 0. The van der Waals surface area contributed by atoms with Gasteiger partial charge in [0.1, 0.15) is 0 Å². The van der Waals surface area contributed by atoms with Crippen LogP contribution in [0.3, 0.4) is 0 Å². The Kier molecular flexibility index (Phi) is 20.7. The standard InChI is InChI=1S/3H2O4S.2H3P/c3*1-5(2,3)4;;/h3*(H2,1,2,3,4);2*1H3. The molecule has 6 N–H and O–H groups in total. The maximum atomic E-state index is 8.74. The minimum Gasteiger partial charge on any atom is -0.264 e. The summed E-state index contributed by atoms with van der Waals surface area (Å²) < 4.78 is 94.8. The van der Waals surface area contributed by atoms with Gasteiger partial charge in [-0.3, -0.25) is 27.3 Å². The lowest BCUT2D eigenvalue weighted by atomic mass is 15.8. The lowest BCUT2D eigenvalue weighted by Gasteiger charge is -1.68. The van der Waals surface area contributed by atoms with E-state index in [1.54, 1.807) is 0 Å². The molecule has 0 rings (SSSR count). The van der Waals surface area contributed by atoms with Crippen molar-refractivity contribution in [3.63, 3.8) is 0 Å². The second kappa shape index (κ2) is 11.6. The zero-order valence-electron chi connectivity index (χ0n) is 7.77. The van der Waals surface area contributed by atoms with Crippen LogP contribution in [0.2, 0.25) is 0 Å². The van der Waals surface area contributed by atoms with Gasteiger partial charge in [0.2, 0.25) is 0 Å². The summed E-state index contributed by atoms with van der Waals surface area (Å²) in [5.74, 6) is 0. The molecular weight excluding hydrogens is 350 g/mol. The summed E-state index contributed by atoms with van der Waals surface area (Å²) in [4.78, 5) is 0. The van der Waals surface area contributed by atoms with E-state index in [4.69, 9.17) is 52.6 Å². The van der Waals surface area contributed by atoms with Crippen molar-refractivity contribution in [3.8, 4) is 0 Å². The molecule has 0 aliphatic carbocycles. The van der Waals surface area contributed by atoms with E-state index >= 15 is 0 Å². The van der Waals surface area contributed by atoms with Crippen molar-refractivity contribution in [1.29, 1.82) is 0 Å². The van der Waals surface area contributed by atoms with Crippen LogP contribution in [-0.4, -0.2) is 52.6 Å². The Morgan fingerprint density at radius 3 is 0.412 bits per heavy atom. The van der Waals surface area contributed by atoms with Crippen molar-refractivity contribution < 1.29 is 52.6 Å². The average molecular weight is 362 g/mol. The Balaban J connectivity index is -0.0000000400. The van der Waals surface area contributed by atoms with Crippen LogP contribution in [0.25, 0.3) is 0 Å². The molecule has 0 saturated carbocycles. The van der Waals surface area contributed by atoms with E-state index in [1.807, 2.05) is 0 Å².